The lowest BCUT2D eigenvalue weighted by Gasteiger charge is -2.41. The molecule has 1 fully saturated rings. The van der Waals surface area contributed by atoms with Gasteiger partial charge in [-0.05, 0) is 18.6 Å². The highest BCUT2D eigenvalue weighted by Gasteiger charge is 2.47. The van der Waals surface area contributed by atoms with Gasteiger partial charge in [-0.15, -0.1) is 0 Å². The molecule has 0 aliphatic carbocycles. The van der Waals surface area contributed by atoms with Crippen molar-refractivity contribution < 1.29 is 62.9 Å². The second-order valence-corrected chi connectivity index (χ2v) is 9.30. The Bertz CT molecular complexity index is 987. The van der Waals surface area contributed by atoms with Gasteiger partial charge in [-0.25, -0.2) is 4.79 Å². The lowest BCUT2D eigenvalue weighted by atomic mass is 9.99. The molecule has 0 radical (unpaired) electrons. The Morgan fingerprint density at radius 3 is 1.90 bits per heavy atom. The first-order valence-electron chi connectivity index (χ1n) is 13.2. The summed E-state index contributed by atoms with van der Waals surface area (Å²) in [5.74, 6) is -4.90. The lowest BCUT2D eigenvalue weighted by Crippen LogP contribution is -2.60. The van der Waals surface area contributed by atoms with E-state index in [9.17, 15) is 34.5 Å². The molecule has 13 heteroatoms. The van der Waals surface area contributed by atoms with Crippen LogP contribution < -0.4 is 14.2 Å². The summed E-state index contributed by atoms with van der Waals surface area (Å²) in [5.41, 5.74) is -0.334. The molecule has 40 heavy (non-hydrogen) atoms. The van der Waals surface area contributed by atoms with Crippen LogP contribution in [0.25, 0.3) is 0 Å². The summed E-state index contributed by atoms with van der Waals surface area (Å²) in [5, 5.41) is 31.1. The molecule has 1 aromatic carbocycles. The van der Waals surface area contributed by atoms with Gasteiger partial charge in [0.1, 0.15) is 18.3 Å². The highest BCUT2D eigenvalue weighted by atomic mass is 16.7. The van der Waals surface area contributed by atoms with Gasteiger partial charge >= 0.3 is 23.9 Å². The van der Waals surface area contributed by atoms with Crippen molar-refractivity contribution in [2.45, 2.75) is 96.9 Å². The molecule has 13 nitrogen and oxygen atoms in total. The summed E-state index contributed by atoms with van der Waals surface area (Å²) in [6.07, 6.45) is -1.35. The Balaban J connectivity index is 2.26. The van der Waals surface area contributed by atoms with Crippen LogP contribution in [0.15, 0.2) is 12.1 Å². The SMILES string of the molecule is CCCCCCCCO[C@@H]1O[C@H](CO)[C@@H](O)[C@H](OC(=O)c2cc(OC(C)=O)c(OC(C)=O)c(OC(C)=O)c2)[C@H]1O. The maximum Gasteiger partial charge on any atom is 0.338 e. The smallest absolute Gasteiger partial charge is 0.338 e. The fraction of sp³-hybridized carbons (Fsp3) is 0.630. The Kier molecular flexibility index (Phi) is 13.4. The Morgan fingerprint density at radius 2 is 1.38 bits per heavy atom. The summed E-state index contributed by atoms with van der Waals surface area (Å²) in [6, 6.07) is 2.01. The van der Waals surface area contributed by atoms with Gasteiger partial charge in [-0.3, -0.25) is 14.4 Å². The van der Waals surface area contributed by atoms with Crippen LogP contribution in [0.2, 0.25) is 0 Å². The molecule has 1 aromatic rings. The Hall–Kier alpha value is -3.10. The maximum atomic E-state index is 13.1. The average Bonchev–Trinajstić information content (AvgIpc) is 2.87. The molecule has 5 atom stereocenters. The van der Waals surface area contributed by atoms with E-state index in [1.54, 1.807) is 0 Å². The van der Waals surface area contributed by atoms with Crippen molar-refractivity contribution in [3.05, 3.63) is 17.7 Å². The molecule has 0 amide bonds. The number of esters is 4. The molecule has 0 unspecified atom stereocenters. The molecular weight excluding hydrogens is 532 g/mol. The molecule has 0 saturated carbocycles. The van der Waals surface area contributed by atoms with E-state index in [2.05, 4.69) is 6.92 Å². The van der Waals surface area contributed by atoms with E-state index < -0.39 is 78.4 Å². The third-order valence-electron chi connectivity index (χ3n) is 5.85. The molecule has 2 rings (SSSR count). The predicted octanol–water partition coefficient (Wildman–Crippen LogP) is 1.80. The highest BCUT2D eigenvalue weighted by Crippen LogP contribution is 2.40. The van der Waals surface area contributed by atoms with E-state index in [0.717, 1.165) is 65.0 Å². The average molecular weight is 571 g/mol. The molecule has 1 aliphatic heterocycles. The number of rotatable bonds is 14. The lowest BCUT2D eigenvalue weighted by molar-refractivity contribution is -0.300. The number of aliphatic hydroxyl groups is 3. The molecular formula is C27H38O13. The maximum absolute atomic E-state index is 13.1. The number of carbonyl (C=O) groups is 4. The quantitative estimate of drug-likeness (QED) is 0.167. The minimum Gasteiger partial charge on any atom is -0.453 e. The van der Waals surface area contributed by atoms with Gasteiger partial charge in [0.05, 0.1) is 12.2 Å². The van der Waals surface area contributed by atoms with E-state index in [1.165, 1.54) is 0 Å². The highest BCUT2D eigenvalue weighted by molar-refractivity contribution is 5.92. The Labute approximate surface area is 232 Å². The molecule has 1 heterocycles. The van der Waals surface area contributed by atoms with Crippen LogP contribution in [-0.4, -0.2) is 83.1 Å². The number of benzene rings is 1. The fourth-order valence-corrected chi connectivity index (χ4v) is 4.00. The second-order valence-electron chi connectivity index (χ2n) is 9.30. The molecule has 0 aromatic heterocycles. The minimum atomic E-state index is -1.63. The zero-order valence-electron chi connectivity index (χ0n) is 23.1. The van der Waals surface area contributed by atoms with Crippen molar-refractivity contribution in [2.75, 3.05) is 13.2 Å². The summed E-state index contributed by atoms with van der Waals surface area (Å²) in [4.78, 5) is 48.0. The van der Waals surface area contributed by atoms with Crippen molar-refractivity contribution in [1.82, 2.24) is 0 Å². The van der Waals surface area contributed by atoms with Crippen LogP contribution in [0.1, 0.15) is 76.6 Å². The number of hydrogen-bond acceptors (Lipinski definition) is 13. The first kappa shape index (κ1) is 33.1. The number of hydrogen-bond donors (Lipinski definition) is 3. The van der Waals surface area contributed by atoms with E-state index in [1.807, 2.05) is 0 Å². The molecule has 3 N–H and O–H groups in total. The summed E-state index contributed by atoms with van der Waals surface area (Å²) in [6.45, 7) is 4.89. The van der Waals surface area contributed by atoms with Crippen LogP contribution in [0.4, 0.5) is 0 Å². The molecule has 224 valence electrons. The van der Waals surface area contributed by atoms with E-state index in [-0.39, 0.29) is 12.2 Å². The van der Waals surface area contributed by atoms with Gasteiger partial charge in [0.2, 0.25) is 5.75 Å². The molecule has 1 aliphatic rings. The molecule has 0 spiro atoms. The first-order valence-corrected chi connectivity index (χ1v) is 13.2. The number of aliphatic hydroxyl groups excluding tert-OH is 3. The van der Waals surface area contributed by atoms with Gasteiger partial charge in [0, 0.05) is 27.4 Å². The van der Waals surface area contributed by atoms with Crippen LogP contribution in [0, 0.1) is 0 Å². The predicted molar refractivity (Wildman–Crippen MR) is 137 cm³/mol. The van der Waals surface area contributed by atoms with Crippen LogP contribution in [0.3, 0.4) is 0 Å². The third-order valence-corrected chi connectivity index (χ3v) is 5.85. The fourth-order valence-electron chi connectivity index (χ4n) is 4.00. The number of unbranched alkanes of at least 4 members (excludes halogenated alkanes) is 5. The van der Waals surface area contributed by atoms with E-state index in [0.29, 0.717) is 6.42 Å². The summed E-state index contributed by atoms with van der Waals surface area (Å²) < 4.78 is 31.6. The normalized spacial score (nSPS) is 22.3. The van der Waals surface area contributed by atoms with Gasteiger partial charge in [-0.1, -0.05) is 39.0 Å². The molecule has 0 bridgehead atoms. The first-order chi connectivity index (χ1) is 19.0. The number of ether oxygens (including phenoxy) is 6. The van der Waals surface area contributed by atoms with E-state index >= 15 is 0 Å². The zero-order chi connectivity index (χ0) is 29.8. The summed E-state index contributed by atoms with van der Waals surface area (Å²) >= 11 is 0. The van der Waals surface area contributed by atoms with Gasteiger partial charge in [0.15, 0.2) is 23.9 Å². The number of carbonyl (C=O) groups excluding carboxylic acids is 4. The van der Waals surface area contributed by atoms with E-state index in [4.69, 9.17) is 28.4 Å². The van der Waals surface area contributed by atoms with Gasteiger partial charge in [0.25, 0.3) is 0 Å². The van der Waals surface area contributed by atoms with Gasteiger partial charge in [-0.2, -0.15) is 0 Å². The summed E-state index contributed by atoms with van der Waals surface area (Å²) in [7, 11) is 0. The van der Waals surface area contributed by atoms with Gasteiger partial charge < -0.3 is 43.7 Å². The largest absolute Gasteiger partial charge is 0.453 e. The van der Waals surface area contributed by atoms with Crippen LogP contribution >= 0.6 is 0 Å². The van der Waals surface area contributed by atoms with Crippen LogP contribution in [0.5, 0.6) is 17.2 Å². The van der Waals surface area contributed by atoms with Crippen molar-refractivity contribution in [1.29, 1.82) is 0 Å². The third kappa shape index (κ3) is 9.82. The monoisotopic (exact) mass is 570 g/mol. The minimum absolute atomic E-state index is 0.234. The van der Waals surface area contributed by atoms with Crippen molar-refractivity contribution in [3.8, 4) is 17.2 Å². The van der Waals surface area contributed by atoms with Crippen molar-refractivity contribution in [3.63, 3.8) is 0 Å². The standard InChI is InChI=1S/C27H38O13/c1-5-6-7-8-9-10-11-35-27-23(33)25(22(32)21(14-28)39-27)40-26(34)18-12-19(36-15(2)29)24(38-17(4)31)20(13-18)37-16(3)30/h12-13,21-23,25,27-28,32-33H,5-11,14H2,1-4H3/t21-,22-,23-,25+,27-/m1/s1. The molecule has 1 saturated heterocycles. The zero-order valence-corrected chi connectivity index (χ0v) is 23.1. The van der Waals surface area contributed by atoms with Crippen molar-refractivity contribution >= 4 is 23.9 Å². The van der Waals surface area contributed by atoms with Crippen LogP contribution in [-0.2, 0) is 28.6 Å². The van der Waals surface area contributed by atoms with Crippen molar-refractivity contribution in [2.24, 2.45) is 0 Å². The second kappa shape index (κ2) is 16.2. The Morgan fingerprint density at radius 1 is 0.825 bits per heavy atom. The topological polar surface area (TPSA) is 184 Å².